The summed E-state index contributed by atoms with van der Waals surface area (Å²) in [5.41, 5.74) is 1.34. The van der Waals surface area contributed by atoms with E-state index in [4.69, 9.17) is 4.74 Å². The van der Waals surface area contributed by atoms with Crippen molar-refractivity contribution in [3.63, 3.8) is 0 Å². The molecule has 78 valence electrons. The molecule has 0 heterocycles. The smallest absolute Gasteiger partial charge is 0.119 e. The van der Waals surface area contributed by atoms with Crippen molar-refractivity contribution in [3.05, 3.63) is 29.8 Å². The van der Waals surface area contributed by atoms with Gasteiger partial charge < -0.3 is 10.1 Å². The summed E-state index contributed by atoms with van der Waals surface area (Å²) >= 11 is 0. The first kappa shape index (κ1) is 11.1. The summed E-state index contributed by atoms with van der Waals surface area (Å²) in [6.07, 6.45) is 1.06. The molecule has 1 aromatic rings. The Labute approximate surface area is 86.3 Å². The predicted molar refractivity (Wildman–Crippen MR) is 59.8 cm³/mol. The first-order valence-electron chi connectivity index (χ1n) is 5.15. The van der Waals surface area contributed by atoms with E-state index in [9.17, 15) is 0 Å². The lowest BCUT2D eigenvalue weighted by Crippen LogP contribution is -2.23. The Kier molecular flexibility index (Phi) is 4.47. The fraction of sp³-hybridized carbons (Fsp3) is 0.500. The summed E-state index contributed by atoms with van der Waals surface area (Å²) in [5, 5.41) is 3.22. The van der Waals surface area contributed by atoms with Crippen LogP contribution in [0.25, 0.3) is 0 Å². The Balaban J connectivity index is 2.54. The standard InChI is InChI=1S/C12H19NO/c1-4-14-12-7-5-11(6-8-12)9-10(2)13-3/h5-8,10,13H,4,9H2,1-3H3. The molecule has 0 aromatic heterocycles. The molecule has 0 saturated carbocycles. The van der Waals surface area contributed by atoms with Gasteiger partial charge in [-0.05, 0) is 45.0 Å². The van der Waals surface area contributed by atoms with Gasteiger partial charge in [0.2, 0.25) is 0 Å². The number of hydrogen-bond acceptors (Lipinski definition) is 2. The molecule has 0 amide bonds. The third kappa shape index (κ3) is 3.38. The summed E-state index contributed by atoms with van der Waals surface area (Å²) < 4.78 is 5.38. The summed E-state index contributed by atoms with van der Waals surface area (Å²) in [7, 11) is 1.99. The van der Waals surface area contributed by atoms with Crippen LogP contribution in [-0.4, -0.2) is 19.7 Å². The van der Waals surface area contributed by atoms with Crippen molar-refractivity contribution in [3.8, 4) is 5.75 Å². The van der Waals surface area contributed by atoms with Crippen LogP contribution < -0.4 is 10.1 Å². The van der Waals surface area contributed by atoms with Gasteiger partial charge in [-0.3, -0.25) is 0 Å². The van der Waals surface area contributed by atoms with E-state index in [2.05, 4.69) is 24.4 Å². The van der Waals surface area contributed by atoms with Gasteiger partial charge in [0.25, 0.3) is 0 Å². The number of hydrogen-bond donors (Lipinski definition) is 1. The minimum atomic E-state index is 0.521. The van der Waals surface area contributed by atoms with E-state index in [1.165, 1.54) is 5.56 Å². The van der Waals surface area contributed by atoms with E-state index < -0.39 is 0 Å². The van der Waals surface area contributed by atoms with Crippen LogP contribution in [0.15, 0.2) is 24.3 Å². The van der Waals surface area contributed by atoms with E-state index in [1.54, 1.807) is 0 Å². The van der Waals surface area contributed by atoms with E-state index in [0.29, 0.717) is 6.04 Å². The van der Waals surface area contributed by atoms with E-state index in [1.807, 2.05) is 26.1 Å². The normalized spacial score (nSPS) is 12.5. The number of likely N-dealkylation sites (N-methyl/N-ethyl adjacent to an activating group) is 1. The van der Waals surface area contributed by atoms with Crippen molar-refractivity contribution in [1.82, 2.24) is 5.32 Å². The average Bonchev–Trinajstić information content (AvgIpc) is 2.21. The first-order chi connectivity index (χ1) is 6.76. The highest BCUT2D eigenvalue weighted by atomic mass is 16.5. The van der Waals surface area contributed by atoms with Crippen molar-refractivity contribution >= 4 is 0 Å². The minimum absolute atomic E-state index is 0.521. The topological polar surface area (TPSA) is 21.3 Å². The van der Waals surface area contributed by atoms with Crippen LogP contribution in [0.3, 0.4) is 0 Å². The summed E-state index contributed by atoms with van der Waals surface area (Å²) in [6.45, 7) is 4.90. The van der Waals surface area contributed by atoms with Gasteiger partial charge >= 0.3 is 0 Å². The Hall–Kier alpha value is -1.02. The Morgan fingerprint density at radius 2 is 1.93 bits per heavy atom. The molecule has 1 atom stereocenters. The molecule has 0 saturated heterocycles. The molecule has 0 aliphatic heterocycles. The molecule has 1 aromatic carbocycles. The molecular formula is C12H19NO. The molecule has 1 rings (SSSR count). The largest absolute Gasteiger partial charge is 0.494 e. The van der Waals surface area contributed by atoms with Crippen molar-refractivity contribution < 1.29 is 4.74 Å². The summed E-state index contributed by atoms with van der Waals surface area (Å²) in [6, 6.07) is 8.83. The molecule has 2 nitrogen and oxygen atoms in total. The highest BCUT2D eigenvalue weighted by molar-refractivity contribution is 5.27. The maximum Gasteiger partial charge on any atom is 0.119 e. The fourth-order valence-corrected chi connectivity index (χ4v) is 1.34. The Morgan fingerprint density at radius 1 is 1.29 bits per heavy atom. The molecular weight excluding hydrogens is 174 g/mol. The van der Waals surface area contributed by atoms with Gasteiger partial charge in [0.15, 0.2) is 0 Å². The lowest BCUT2D eigenvalue weighted by Gasteiger charge is -2.10. The van der Waals surface area contributed by atoms with Crippen LogP contribution in [0.2, 0.25) is 0 Å². The Bertz CT molecular complexity index is 256. The zero-order valence-electron chi connectivity index (χ0n) is 9.21. The second kappa shape index (κ2) is 5.66. The first-order valence-corrected chi connectivity index (χ1v) is 5.15. The zero-order chi connectivity index (χ0) is 10.4. The molecule has 14 heavy (non-hydrogen) atoms. The molecule has 0 aliphatic carbocycles. The minimum Gasteiger partial charge on any atom is -0.494 e. The lowest BCUT2D eigenvalue weighted by molar-refractivity contribution is 0.340. The second-order valence-corrected chi connectivity index (χ2v) is 3.47. The van der Waals surface area contributed by atoms with Gasteiger partial charge in [0, 0.05) is 6.04 Å². The van der Waals surface area contributed by atoms with Gasteiger partial charge in [0.05, 0.1) is 6.61 Å². The quantitative estimate of drug-likeness (QED) is 0.774. The molecule has 2 heteroatoms. The van der Waals surface area contributed by atoms with Crippen molar-refractivity contribution in [2.45, 2.75) is 26.3 Å². The van der Waals surface area contributed by atoms with Gasteiger partial charge in [-0.25, -0.2) is 0 Å². The van der Waals surface area contributed by atoms with Crippen molar-refractivity contribution in [2.75, 3.05) is 13.7 Å². The molecule has 0 aliphatic rings. The number of benzene rings is 1. The third-order valence-electron chi connectivity index (χ3n) is 2.27. The Morgan fingerprint density at radius 3 is 2.43 bits per heavy atom. The summed E-state index contributed by atoms with van der Waals surface area (Å²) in [4.78, 5) is 0. The van der Waals surface area contributed by atoms with Gasteiger partial charge in [-0.2, -0.15) is 0 Å². The summed E-state index contributed by atoms with van der Waals surface area (Å²) in [5.74, 6) is 0.952. The van der Waals surface area contributed by atoms with E-state index >= 15 is 0 Å². The van der Waals surface area contributed by atoms with Crippen LogP contribution in [0.5, 0.6) is 5.75 Å². The molecule has 1 N–H and O–H groups in total. The van der Waals surface area contributed by atoms with Crippen LogP contribution in [0, 0.1) is 0 Å². The van der Waals surface area contributed by atoms with Gasteiger partial charge in [-0.1, -0.05) is 12.1 Å². The van der Waals surface area contributed by atoms with Crippen LogP contribution in [-0.2, 0) is 6.42 Å². The molecule has 1 unspecified atom stereocenters. The monoisotopic (exact) mass is 193 g/mol. The van der Waals surface area contributed by atoms with Crippen LogP contribution >= 0.6 is 0 Å². The van der Waals surface area contributed by atoms with E-state index in [-0.39, 0.29) is 0 Å². The second-order valence-electron chi connectivity index (χ2n) is 3.47. The zero-order valence-corrected chi connectivity index (χ0v) is 9.21. The number of ether oxygens (including phenoxy) is 1. The molecule has 0 spiro atoms. The average molecular weight is 193 g/mol. The van der Waals surface area contributed by atoms with E-state index in [0.717, 1.165) is 18.8 Å². The highest BCUT2D eigenvalue weighted by Crippen LogP contribution is 2.13. The molecule has 0 bridgehead atoms. The lowest BCUT2D eigenvalue weighted by atomic mass is 10.1. The fourth-order valence-electron chi connectivity index (χ4n) is 1.34. The van der Waals surface area contributed by atoms with Crippen LogP contribution in [0.1, 0.15) is 19.4 Å². The molecule has 0 radical (unpaired) electrons. The maximum atomic E-state index is 5.38. The number of rotatable bonds is 5. The van der Waals surface area contributed by atoms with Gasteiger partial charge in [-0.15, -0.1) is 0 Å². The van der Waals surface area contributed by atoms with Crippen molar-refractivity contribution in [1.29, 1.82) is 0 Å². The highest BCUT2D eigenvalue weighted by Gasteiger charge is 2.00. The maximum absolute atomic E-state index is 5.38. The van der Waals surface area contributed by atoms with Crippen LogP contribution in [0.4, 0.5) is 0 Å². The number of nitrogens with one attached hydrogen (secondary N) is 1. The SMILES string of the molecule is CCOc1ccc(CC(C)NC)cc1. The van der Waals surface area contributed by atoms with Gasteiger partial charge in [0.1, 0.15) is 5.75 Å². The third-order valence-corrected chi connectivity index (χ3v) is 2.27. The molecule has 0 fully saturated rings. The van der Waals surface area contributed by atoms with Crippen molar-refractivity contribution in [2.24, 2.45) is 0 Å². The predicted octanol–water partition coefficient (Wildman–Crippen LogP) is 2.24.